The van der Waals surface area contributed by atoms with Crippen molar-refractivity contribution in [3.8, 4) is 5.69 Å². The van der Waals surface area contributed by atoms with Crippen LogP contribution in [0.15, 0.2) is 54.6 Å². The van der Waals surface area contributed by atoms with Crippen molar-refractivity contribution >= 4 is 5.91 Å². The smallest absolute Gasteiger partial charge is 0.237 e. The topological polar surface area (TPSA) is 50.2 Å². The van der Waals surface area contributed by atoms with Gasteiger partial charge in [0, 0.05) is 24.3 Å². The second-order valence-electron chi connectivity index (χ2n) is 7.69. The molecule has 0 saturated heterocycles. The Hall–Kier alpha value is -2.92. The number of likely N-dealkylation sites (N-methyl/N-ethyl adjacent to an activating group) is 1. The van der Waals surface area contributed by atoms with Gasteiger partial charge in [0.1, 0.15) is 0 Å². The fourth-order valence-corrected chi connectivity index (χ4v) is 3.35. The molecule has 2 aromatic carbocycles. The Morgan fingerprint density at radius 2 is 1.72 bits per heavy atom. The summed E-state index contributed by atoms with van der Waals surface area (Å²) >= 11 is 0. The van der Waals surface area contributed by atoms with Crippen molar-refractivity contribution in [3.63, 3.8) is 0 Å². The molecule has 0 aliphatic rings. The van der Waals surface area contributed by atoms with Crippen LogP contribution in [-0.4, -0.2) is 33.7 Å². The molecule has 3 rings (SSSR count). The van der Waals surface area contributed by atoms with Crippen LogP contribution in [0.25, 0.3) is 5.69 Å². The molecule has 0 saturated carbocycles. The van der Waals surface area contributed by atoms with Gasteiger partial charge in [0.05, 0.1) is 17.4 Å². The van der Waals surface area contributed by atoms with Crippen LogP contribution in [0.4, 0.5) is 0 Å². The largest absolute Gasteiger partial charge is 0.351 e. The van der Waals surface area contributed by atoms with Crippen molar-refractivity contribution in [3.05, 3.63) is 82.7 Å². The molecule has 0 aliphatic carbocycles. The van der Waals surface area contributed by atoms with Crippen LogP contribution in [0.5, 0.6) is 0 Å². The van der Waals surface area contributed by atoms with Crippen LogP contribution in [0.1, 0.15) is 35.0 Å². The van der Waals surface area contributed by atoms with Crippen LogP contribution >= 0.6 is 0 Å². The van der Waals surface area contributed by atoms with E-state index in [1.54, 1.807) is 0 Å². The number of hydrogen-bond donors (Lipinski definition) is 1. The average Bonchev–Trinajstić information content (AvgIpc) is 3.01. The number of nitrogens with zero attached hydrogens (tertiary/aromatic N) is 3. The Bertz CT molecular complexity index is 961. The SMILES string of the molecule is Cc1ccc(CNC(=O)C(C)N(C)Cc2c(C)nn(-c3ccccc3)c2C)cc1. The number of aromatic nitrogens is 2. The van der Waals surface area contributed by atoms with Gasteiger partial charge in [-0.2, -0.15) is 5.10 Å². The lowest BCUT2D eigenvalue weighted by Crippen LogP contribution is -2.42. The highest BCUT2D eigenvalue weighted by molar-refractivity contribution is 5.81. The van der Waals surface area contributed by atoms with Crippen LogP contribution in [-0.2, 0) is 17.9 Å². The zero-order valence-corrected chi connectivity index (χ0v) is 17.9. The Morgan fingerprint density at radius 3 is 2.38 bits per heavy atom. The Labute approximate surface area is 173 Å². The van der Waals surface area contributed by atoms with Crippen LogP contribution in [0, 0.1) is 20.8 Å². The van der Waals surface area contributed by atoms with Gasteiger partial charge >= 0.3 is 0 Å². The molecule has 0 bridgehead atoms. The normalized spacial score (nSPS) is 12.2. The first-order valence-electron chi connectivity index (χ1n) is 10.0. The van der Waals surface area contributed by atoms with Gasteiger partial charge in [0.15, 0.2) is 0 Å². The molecule has 5 heteroatoms. The summed E-state index contributed by atoms with van der Waals surface area (Å²) in [5.41, 5.74) is 6.63. The minimum atomic E-state index is -0.237. The lowest BCUT2D eigenvalue weighted by molar-refractivity contribution is -0.125. The minimum absolute atomic E-state index is 0.0267. The summed E-state index contributed by atoms with van der Waals surface area (Å²) in [6.45, 7) is 9.32. The zero-order chi connectivity index (χ0) is 21.0. The number of benzene rings is 2. The summed E-state index contributed by atoms with van der Waals surface area (Å²) in [6.07, 6.45) is 0. The van der Waals surface area contributed by atoms with Crippen molar-refractivity contribution in [1.29, 1.82) is 0 Å². The Kier molecular flexibility index (Phi) is 6.49. The zero-order valence-electron chi connectivity index (χ0n) is 17.9. The Balaban J connectivity index is 1.64. The molecule has 152 valence electrons. The number of carbonyl (C=O) groups excluding carboxylic acids is 1. The molecule has 3 aromatic rings. The predicted molar refractivity (Wildman–Crippen MR) is 117 cm³/mol. The summed E-state index contributed by atoms with van der Waals surface area (Å²) in [6, 6.07) is 18.1. The van der Waals surface area contributed by atoms with E-state index in [0.717, 1.165) is 28.2 Å². The van der Waals surface area contributed by atoms with Crippen LogP contribution < -0.4 is 5.32 Å². The van der Waals surface area contributed by atoms with Gasteiger partial charge in [0.2, 0.25) is 5.91 Å². The van der Waals surface area contributed by atoms with E-state index in [0.29, 0.717) is 13.1 Å². The first kappa shape index (κ1) is 20.8. The fraction of sp³-hybridized carbons (Fsp3) is 0.333. The maximum Gasteiger partial charge on any atom is 0.237 e. The van der Waals surface area contributed by atoms with Gasteiger partial charge in [-0.15, -0.1) is 0 Å². The fourth-order valence-electron chi connectivity index (χ4n) is 3.35. The number of nitrogens with one attached hydrogen (secondary N) is 1. The summed E-state index contributed by atoms with van der Waals surface area (Å²) in [4.78, 5) is 14.7. The Morgan fingerprint density at radius 1 is 1.07 bits per heavy atom. The summed E-state index contributed by atoms with van der Waals surface area (Å²) in [5, 5.41) is 7.75. The van der Waals surface area contributed by atoms with Crippen LogP contribution in [0.2, 0.25) is 0 Å². The quantitative estimate of drug-likeness (QED) is 0.665. The molecular formula is C24H30N4O. The third-order valence-electron chi connectivity index (χ3n) is 5.48. The molecule has 1 heterocycles. The van der Waals surface area contributed by atoms with Gasteiger partial charge in [0.25, 0.3) is 0 Å². The number of amides is 1. The van der Waals surface area contributed by atoms with E-state index in [1.165, 1.54) is 5.56 Å². The molecule has 29 heavy (non-hydrogen) atoms. The maximum absolute atomic E-state index is 12.6. The number of rotatable bonds is 7. The highest BCUT2D eigenvalue weighted by Gasteiger charge is 2.21. The standard InChI is InChI=1S/C24H30N4O/c1-17-11-13-21(14-12-17)15-25-24(29)20(4)27(5)16-23-18(2)26-28(19(23)3)22-9-7-6-8-10-22/h6-14,20H,15-16H2,1-5H3,(H,25,29). The van der Waals surface area contributed by atoms with Gasteiger partial charge in [-0.3, -0.25) is 9.69 Å². The van der Waals surface area contributed by atoms with Gasteiger partial charge < -0.3 is 5.32 Å². The van der Waals surface area contributed by atoms with E-state index in [-0.39, 0.29) is 11.9 Å². The molecule has 1 amide bonds. The van der Waals surface area contributed by atoms with E-state index in [9.17, 15) is 4.79 Å². The summed E-state index contributed by atoms with van der Waals surface area (Å²) in [5.74, 6) is 0.0267. The highest BCUT2D eigenvalue weighted by Crippen LogP contribution is 2.20. The maximum atomic E-state index is 12.6. The first-order valence-corrected chi connectivity index (χ1v) is 10.0. The molecule has 0 aliphatic heterocycles. The molecule has 1 atom stereocenters. The molecule has 0 fully saturated rings. The van der Waals surface area contributed by atoms with E-state index in [2.05, 4.69) is 48.3 Å². The highest BCUT2D eigenvalue weighted by atomic mass is 16.2. The van der Waals surface area contributed by atoms with E-state index < -0.39 is 0 Å². The van der Waals surface area contributed by atoms with Crippen molar-refractivity contribution in [2.45, 2.75) is 46.8 Å². The summed E-state index contributed by atoms with van der Waals surface area (Å²) < 4.78 is 1.97. The predicted octanol–water partition coefficient (Wildman–Crippen LogP) is 3.93. The van der Waals surface area contributed by atoms with Crippen molar-refractivity contribution in [1.82, 2.24) is 20.0 Å². The number of hydrogen-bond acceptors (Lipinski definition) is 3. The molecule has 0 spiro atoms. The summed E-state index contributed by atoms with van der Waals surface area (Å²) in [7, 11) is 1.98. The third kappa shape index (κ3) is 4.93. The lowest BCUT2D eigenvalue weighted by atomic mass is 10.1. The second-order valence-corrected chi connectivity index (χ2v) is 7.69. The van der Waals surface area contributed by atoms with E-state index >= 15 is 0 Å². The monoisotopic (exact) mass is 390 g/mol. The van der Waals surface area contributed by atoms with Gasteiger partial charge in [-0.25, -0.2) is 4.68 Å². The van der Waals surface area contributed by atoms with Gasteiger partial charge in [-0.1, -0.05) is 48.0 Å². The van der Waals surface area contributed by atoms with Crippen LogP contribution in [0.3, 0.4) is 0 Å². The molecule has 0 radical (unpaired) electrons. The molecule has 5 nitrogen and oxygen atoms in total. The van der Waals surface area contributed by atoms with E-state index in [4.69, 9.17) is 5.10 Å². The van der Waals surface area contributed by atoms with Crippen molar-refractivity contribution < 1.29 is 4.79 Å². The number of para-hydroxylation sites is 1. The lowest BCUT2D eigenvalue weighted by Gasteiger charge is -2.24. The van der Waals surface area contributed by atoms with E-state index in [1.807, 2.05) is 55.9 Å². The molecule has 1 unspecified atom stereocenters. The first-order chi connectivity index (χ1) is 13.9. The number of aryl methyl sites for hydroxylation is 2. The molecular weight excluding hydrogens is 360 g/mol. The second kappa shape index (κ2) is 9.05. The van der Waals surface area contributed by atoms with Crippen molar-refractivity contribution in [2.24, 2.45) is 0 Å². The molecule has 1 N–H and O–H groups in total. The van der Waals surface area contributed by atoms with Crippen molar-refractivity contribution in [2.75, 3.05) is 7.05 Å². The van der Waals surface area contributed by atoms with Gasteiger partial charge in [-0.05, 0) is 52.4 Å². The minimum Gasteiger partial charge on any atom is -0.351 e. The molecule has 1 aromatic heterocycles. The number of carbonyl (C=O) groups is 1. The average molecular weight is 391 g/mol. The third-order valence-corrected chi connectivity index (χ3v) is 5.48.